The van der Waals surface area contributed by atoms with Crippen LogP contribution in [0.2, 0.25) is 0 Å². The van der Waals surface area contributed by atoms with E-state index in [0.717, 1.165) is 22.1 Å². The molecular weight excluding hydrogens is 288 g/mol. The van der Waals surface area contributed by atoms with E-state index in [2.05, 4.69) is 10.3 Å². The molecule has 0 atom stereocenters. The van der Waals surface area contributed by atoms with Crippen LogP contribution < -0.4 is 10.1 Å². The second-order valence-electron chi connectivity index (χ2n) is 5.33. The first kappa shape index (κ1) is 15.0. The molecule has 0 saturated carbocycles. The molecule has 2 aromatic carbocycles. The molecule has 0 aliphatic heterocycles. The SMILES string of the molecule is Cc1cccc(OCCNC(=O)c2cncc3ccccc23)c1. The smallest absolute Gasteiger partial charge is 0.253 e. The van der Waals surface area contributed by atoms with Gasteiger partial charge in [-0.3, -0.25) is 9.78 Å². The van der Waals surface area contributed by atoms with E-state index < -0.39 is 0 Å². The molecule has 116 valence electrons. The number of benzene rings is 2. The third-order valence-electron chi connectivity index (χ3n) is 3.56. The van der Waals surface area contributed by atoms with Crippen LogP contribution in [0.25, 0.3) is 10.8 Å². The van der Waals surface area contributed by atoms with E-state index in [1.165, 1.54) is 0 Å². The lowest BCUT2D eigenvalue weighted by molar-refractivity contribution is 0.0948. The molecule has 0 aliphatic carbocycles. The lowest BCUT2D eigenvalue weighted by Crippen LogP contribution is -2.28. The Kier molecular flexibility index (Phi) is 4.52. The molecule has 0 fully saturated rings. The normalized spacial score (nSPS) is 10.5. The molecule has 0 saturated heterocycles. The van der Waals surface area contributed by atoms with Crippen molar-refractivity contribution in [1.82, 2.24) is 10.3 Å². The maximum atomic E-state index is 12.3. The second kappa shape index (κ2) is 6.92. The summed E-state index contributed by atoms with van der Waals surface area (Å²) in [6.45, 7) is 2.88. The van der Waals surface area contributed by atoms with Gasteiger partial charge in [0.1, 0.15) is 12.4 Å². The molecule has 1 heterocycles. The summed E-state index contributed by atoms with van der Waals surface area (Å²) in [6.07, 6.45) is 3.35. The minimum absolute atomic E-state index is 0.137. The third kappa shape index (κ3) is 3.66. The molecule has 0 bridgehead atoms. The number of carbonyl (C=O) groups is 1. The highest BCUT2D eigenvalue weighted by Crippen LogP contribution is 2.16. The molecule has 3 aromatic rings. The van der Waals surface area contributed by atoms with Gasteiger partial charge in [0, 0.05) is 17.8 Å². The molecule has 1 aromatic heterocycles. The predicted molar refractivity (Wildman–Crippen MR) is 90.8 cm³/mol. The van der Waals surface area contributed by atoms with Gasteiger partial charge >= 0.3 is 0 Å². The van der Waals surface area contributed by atoms with Crippen LogP contribution in [0.3, 0.4) is 0 Å². The van der Waals surface area contributed by atoms with Crippen LogP contribution in [0.5, 0.6) is 5.75 Å². The van der Waals surface area contributed by atoms with Crippen molar-refractivity contribution in [2.24, 2.45) is 0 Å². The third-order valence-corrected chi connectivity index (χ3v) is 3.56. The number of aryl methyl sites for hydroxylation is 1. The van der Waals surface area contributed by atoms with Crippen molar-refractivity contribution in [2.45, 2.75) is 6.92 Å². The minimum atomic E-state index is -0.137. The zero-order chi connectivity index (χ0) is 16.1. The van der Waals surface area contributed by atoms with E-state index in [4.69, 9.17) is 4.74 Å². The second-order valence-corrected chi connectivity index (χ2v) is 5.33. The topological polar surface area (TPSA) is 51.2 Å². The molecule has 4 nitrogen and oxygen atoms in total. The summed E-state index contributed by atoms with van der Waals surface area (Å²) in [5.74, 6) is 0.674. The van der Waals surface area contributed by atoms with E-state index in [-0.39, 0.29) is 5.91 Å². The number of aromatic nitrogens is 1. The number of nitrogens with zero attached hydrogens (tertiary/aromatic N) is 1. The molecule has 0 unspecified atom stereocenters. The molecule has 1 amide bonds. The lowest BCUT2D eigenvalue weighted by Gasteiger charge is -2.09. The van der Waals surface area contributed by atoms with Crippen LogP contribution in [-0.4, -0.2) is 24.0 Å². The van der Waals surface area contributed by atoms with E-state index in [1.807, 2.05) is 55.5 Å². The molecule has 23 heavy (non-hydrogen) atoms. The fraction of sp³-hybridized carbons (Fsp3) is 0.158. The van der Waals surface area contributed by atoms with Gasteiger partial charge in [-0.2, -0.15) is 0 Å². The molecule has 0 spiro atoms. The zero-order valence-corrected chi connectivity index (χ0v) is 13.0. The Hall–Kier alpha value is -2.88. The zero-order valence-electron chi connectivity index (χ0n) is 13.0. The quantitative estimate of drug-likeness (QED) is 0.735. The van der Waals surface area contributed by atoms with Crippen LogP contribution in [0, 0.1) is 6.92 Å². The van der Waals surface area contributed by atoms with Crippen LogP contribution >= 0.6 is 0 Å². The van der Waals surface area contributed by atoms with Gasteiger partial charge in [-0.1, -0.05) is 36.4 Å². The molecule has 3 rings (SSSR count). The van der Waals surface area contributed by atoms with Gasteiger partial charge in [0.15, 0.2) is 0 Å². The minimum Gasteiger partial charge on any atom is -0.492 e. The average molecular weight is 306 g/mol. The van der Waals surface area contributed by atoms with Crippen molar-refractivity contribution in [3.05, 3.63) is 72.1 Å². The lowest BCUT2D eigenvalue weighted by atomic mass is 10.1. The van der Waals surface area contributed by atoms with Gasteiger partial charge in [-0.05, 0) is 30.0 Å². The Balaban J connectivity index is 1.59. The summed E-state index contributed by atoms with van der Waals surface area (Å²) >= 11 is 0. The number of ether oxygens (including phenoxy) is 1. The Morgan fingerprint density at radius 3 is 2.87 bits per heavy atom. The average Bonchev–Trinajstić information content (AvgIpc) is 2.58. The molecular formula is C19H18N2O2. The van der Waals surface area contributed by atoms with Crippen molar-refractivity contribution in [3.63, 3.8) is 0 Å². The maximum Gasteiger partial charge on any atom is 0.253 e. The first-order chi connectivity index (χ1) is 11.2. The van der Waals surface area contributed by atoms with Crippen molar-refractivity contribution < 1.29 is 9.53 Å². The highest BCUT2D eigenvalue weighted by Gasteiger charge is 2.09. The number of amides is 1. The Labute approximate surface area is 135 Å². The summed E-state index contributed by atoms with van der Waals surface area (Å²) in [5.41, 5.74) is 1.73. The van der Waals surface area contributed by atoms with Crippen LogP contribution in [0.1, 0.15) is 15.9 Å². The van der Waals surface area contributed by atoms with Crippen molar-refractivity contribution in [3.8, 4) is 5.75 Å². The fourth-order valence-electron chi connectivity index (χ4n) is 2.43. The van der Waals surface area contributed by atoms with Crippen LogP contribution in [-0.2, 0) is 0 Å². The van der Waals surface area contributed by atoms with Crippen molar-refractivity contribution >= 4 is 16.7 Å². The molecule has 0 aliphatic rings. The fourth-order valence-corrected chi connectivity index (χ4v) is 2.43. The number of carbonyl (C=O) groups excluding carboxylic acids is 1. The number of hydrogen-bond donors (Lipinski definition) is 1. The molecule has 4 heteroatoms. The van der Waals surface area contributed by atoms with Crippen LogP contribution in [0.15, 0.2) is 60.9 Å². The Morgan fingerprint density at radius 2 is 2.00 bits per heavy atom. The first-order valence-electron chi connectivity index (χ1n) is 7.54. The maximum absolute atomic E-state index is 12.3. The monoisotopic (exact) mass is 306 g/mol. The first-order valence-corrected chi connectivity index (χ1v) is 7.54. The van der Waals surface area contributed by atoms with E-state index in [0.29, 0.717) is 18.7 Å². The van der Waals surface area contributed by atoms with Crippen LogP contribution in [0.4, 0.5) is 0 Å². The van der Waals surface area contributed by atoms with Gasteiger partial charge in [0.25, 0.3) is 5.91 Å². The van der Waals surface area contributed by atoms with E-state index >= 15 is 0 Å². The Morgan fingerprint density at radius 1 is 1.13 bits per heavy atom. The predicted octanol–water partition coefficient (Wildman–Crippen LogP) is 3.35. The molecule has 0 radical (unpaired) electrons. The van der Waals surface area contributed by atoms with Gasteiger partial charge in [0.05, 0.1) is 12.1 Å². The van der Waals surface area contributed by atoms with Crippen molar-refractivity contribution in [2.75, 3.05) is 13.2 Å². The summed E-state index contributed by atoms with van der Waals surface area (Å²) in [5, 5.41) is 4.73. The Bertz CT molecular complexity index is 825. The number of fused-ring (bicyclic) bond motifs is 1. The van der Waals surface area contributed by atoms with Gasteiger partial charge in [0.2, 0.25) is 0 Å². The van der Waals surface area contributed by atoms with Crippen molar-refractivity contribution in [1.29, 1.82) is 0 Å². The highest BCUT2D eigenvalue weighted by atomic mass is 16.5. The number of pyridine rings is 1. The number of nitrogens with one attached hydrogen (secondary N) is 1. The molecule has 1 N–H and O–H groups in total. The van der Waals surface area contributed by atoms with E-state index in [9.17, 15) is 4.79 Å². The standard InChI is InChI=1S/C19H18N2O2/c1-14-5-4-7-16(11-14)23-10-9-21-19(22)18-13-20-12-15-6-2-3-8-17(15)18/h2-8,11-13H,9-10H2,1H3,(H,21,22). The summed E-state index contributed by atoms with van der Waals surface area (Å²) < 4.78 is 5.63. The number of hydrogen-bond acceptors (Lipinski definition) is 3. The summed E-state index contributed by atoms with van der Waals surface area (Å²) in [6, 6.07) is 15.6. The highest BCUT2D eigenvalue weighted by molar-refractivity contribution is 6.06. The summed E-state index contributed by atoms with van der Waals surface area (Å²) in [4.78, 5) is 16.4. The number of rotatable bonds is 5. The van der Waals surface area contributed by atoms with Gasteiger partial charge < -0.3 is 10.1 Å². The van der Waals surface area contributed by atoms with Gasteiger partial charge in [-0.25, -0.2) is 0 Å². The largest absolute Gasteiger partial charge is 0.492 e. The van der Waals surface area contributed by atoms with E-state index in [1.54, 1.807) is 12.4 Å². The van der Waals surface area contributed by atoms with Gasteiger partial charge in [-0.15, -0.1) is 0 Å². The summed E-state index contributed by atoms with van der Waals surface area (Å²) in [7, 11) is 0.